The number of hydrogen-bond acceptors (Lipinski definition) is 3. The lowest BCUT2D eigenvalue weighted by molar-refractivity contribution is 0.249. The van der Waals surface area contributed by atoms with Crippen LogP contribution in [-0.4, -0.2) is 24.5 Å². The largest absolute Gasteiger partial charge is 0.399 e. The SMILES string of the molecule is NCCCCN1CCc2cc(N)ccc2C1. The number of nitrogens with two attached hydrogens (primary N) is 2. The van der Waals surface area contributed by atoms with Gasteiger partial charge in [-0.2, -0.15) is 0 Å². The quantitative estimate of drug-likeness (QED) is 0.594. The number of nitrogen functional groups attached to an aromatic ring is 1. The van der Waals surface area contributed by atoms with Crippen molar-refractivity contribution in [3.05, 3.63) is 29.3 Å². The minimum Gasteiger partial charge on any atom is -0.399 e. The maximum absolute atomic E-state index is 5.79. The number of nitrogens with zero attached hydrogens (tertiary/aromatic N) is 1. The van der Waals surface area contributed by atoms with Gasteiger partial charge in [-0.25, -0.2) is 0 Å². The molecule has 2 rings (SSSR count). The molecule has 1 heterocycles. The van der Waals surface area contributed by atoms with Gasteiger partial charge in [-0.05, 0) is 55.6 Å². The molecule has 4 N–H and O–H groups in total. The molecule has 0 unspecified atom stereocenters. The lowest BCUT2D eigenvalue weighted by Gasteiger charge is -2.28. The van der Waals surface area contributed by atoms with E-state index in [-0.39, 0.29) is 0 Å². The standard InChI is InChI=1S/C13H21N3/c14-6-1-2-7-16-8-5-11-9-13(15)4-3-12(11)10-16/h3-4,9H,1-2,5-8,10,14-15H2. The zero-order valence-electron chi connectivity index (χ0n) is 9.78. The van der Waals surface area contributed by atoms with Crippen LogP contribution in [0.4, 0.5) is 5.69 Å². The lowest BCUT2D eigenvalue weighted by Crippen LogP contribution is -2.31. The Bertz CT molecular complexity index is 349. The van der Waals surface area contributed by atoms with Crippen molar-refractivity contribution in [3.63, 3.8) is 0 Å². The van der Waals surface area contributed by atoms with Crippen LogP contribution < -0.4 is 11.5 Å². The first-order chi connectivity index (χ1) is 7.79. The molecule has 0 spiro atoms. The minimum atomic E-state index is 0.807. The first-order valence-electron chi connectivity index (χ1n) is 6.09. The molecule has 3 nitrogen and oxygen atoms in total. The third kappa shape index (κ3) is 2.74. The van der Waals surface area contributed by atoms with E-state index in [2.05, 4.69) is 17.0 Å². The number of benzene rings is 1. The van der Waals surface area contributed by atoms with Crippen molar-refractivity contribution in [2.75, 3.05) is 25.4 Å². The van der Waals surface area contributed by atoms with Gasteiger partial charge in [-0.3, -0.25) is 4.90 Å². The summed E-state index contributed by atoms with van der Waals surface area (Å²) in [5.74, 6) is 0. The molecule has 0 aromatic heterocycles. The molecular formula is C13H21N3. The van der Waals surface area contributed by atoms with Gasteiger partial charge in [-0.1, -0.05) is 6.07 Å². The van der Waals surface area contributed by atoms with E-state index < -0.39 is 0 Å². The third-order valence-electron chi connectivity index (χ3n) is 3.25. The van der Waals surface area contributed by atoms with Crippen molar-refractivity contribution in [2.24, 2.45) is 5.73 Å². The lowest BCUT2D eigenvalue weighted by atomic mass is 9.99. The van der Waals surface area contributed by atoms with Crippen LogP contribution in [0, 0.1) is 0 Å². The molecule has 16 heavy (non-hydrogen) atoms. The fourth-order valence-corrected chi connectivity index (χ4v) is 2.30. The van der Waals surface area contributed by atoms with Gasteiger partial charge < -0.3 is 11.5 Å². The molecule has 1 aliphatic rings. The fraction of sp³-hybridized carbons (Fsp3) is 0.538. The Morgan fingerprint density at radius 3 is 2.88 bits per heavy atom. The second-order valence-electron chi connectivity index (χ2n) is 4.55. The van der Waals surface area contributed by atoms with E-state index in [1.807, 2.05) is 6.07 Å². The van der Waals surface area contributed by atoms with Crippen LogP contribution >= 0.6 is 0 Å². The van der Waals surface area contributed by atoms with Crippen LogP contribution in [0.2, 0.25) is 0 Å². The molecule has 0 saturated carbocycles. The van der Waals surface area contributed by atoms with Gasteiger partial charge in [0.25, 0.3) is 0 Å². The molecule has 0 radical (unpaired) electrons. The van der Waals surface area contributed by atoms with Gasteiger partial charge in [0, 0.05) is 18.8 Å². The second-order valence-corrected chi connectivity index (χ2v) is 4.55. The van der Waals surface area contributed by atoms with E-state index >= 15 is 0 Å². The number of unbranched alkanes of at least 4 members (excludes halogenated alkanes) is 1. The van der Waals surface area contributed by atoms with E-state index in [4.69, 9.17) is 11.5 Å². The Balaban J connectivity index is 1.93. The Labute approximate surface area is 97.4 Å². The molecule has 88 valence electrons. The zero-order chi connectivity index (χ0) is 11.4. The normalized spacial score (nSPS) is 16.1. The number of hydrogen-bond donors (Lipinski definition) is 2. The Kier molecular flexibility index (Phi) is 3.80. The number of fused-ring (bicyclic) bond motifs is 1. The summed E-state index contributed by atoms with van der Waals surface area (Å²) in [4.78, 5) is 2.51. The molecule has 0 amide bonds. The Hall–Kier alpha value is -1.06. The molecule has 0 aliphatic carbocycles. The predicted molar refractivity (Wildman–Crippen MR) is 68.1 cm³/mol. The highest BCUT2D eigenvalue weighted by Gasteiger charge is 2.15. The van der Waals surface area contributed by atoms with Crippen LogP contribution in [-0.2, 0) is 13.0 Å². The highest BCUT2D eigenvalue weighted by molar-refractivity contribution is 5.45. The first kappa shape index (κ1) is 11.4. The van der Waals surface area contributed by atoms with E-state index in [9.17, 15) is 0 Å². The van der Waals surface area contributed by atoms with Crippen LogP contribution in [0.15, 0.2) is 18.2 Å². The molecule has 1 aliphatic heterocycles. The third-order valence-corrected chi connectivity index (χ3v) is 3.25. The molecular weight excluding hydrogens is 198 g/mol. The summed E-state index contributed by atoms with van der Waals surface area (Å²) in [5, 5.41) is 0. The Morgan fingerprint density at radius 2 is 2.06 bits per heavy atom. The van der Waals surface area contributed by atoms with Gasteiger partial charge in [0.2, 0.25) is 0 Å². The van der Waals surface area contributed by atoms with Crippen molar-refractivity contribution in [1.82, 2.24) is 4.90 Å². The monoisotopic (exact) mass is 219 g/mol. The van der Waals surface area contributed by atoms with Crippen molar-refractivity contribution in [2.45, 2.75) is 25.8 Å². The Morgan fingerprint density at radius 1 is 1.19 bits per heavy atom. The smallest absolute Gasteiger partial charge is 0.0316 e. The summed E-state index contributed by atoms with van der Waals surface area (Å²) in [7, 11) is 0. The number of anilines is 1. The van der Waals surface area contributed by atoms with Gasteiger partial charge in [-0.15, -0.1) is 0 Å². The van der Waals surface area contributed by atoms with E-state index in [1.54, 1.807) is 0 Å². The van der Waals surface area contributed by atoms with Gasteiger partial charge >= 0.3 is 0 Å². The predicted octanol–water partition coefficient (Wildman–Crippen LogP) is 1.37. The molecule has 1 aromatic carbocycles. The molecule has 0 fully saturated rings. The van der Waals surface area contributed by atoms with E-state index in [1.165, 1.54) is 24.1 Å². The summed E-state index contributed by atoms with van der Waals surface area (Å²) in [6.45, 7) is 4.20. The summed E-state index contributed by atoms with van der Waals surface area (Å²) in [5.41, 5.74) is 15.0. The topological polar surface area (TPSA) is 55.3 Å². The molecule has 3 heteroatoms. The van der Waals surface area contributed by atoms with Crippen molar-refractivity contribution in [3.8, 4) is 0 Å². The van der Waals surface area contributed by atoms with Gasteiger partial charge in [0.05, 0.1) is 0 Å². The first-order valence-corrected chi connectivity index (χ1v) is 6.09. The number of rotatable bonds is 4. The maximum atomic E-state index is 5.79. The summed E-state index contributed by atoms with van der Waals surface area (Å²) in [6.07, 6.45) is 3.47. The van der Waals surface area contributed by atoms with Crippen LogP contribution in [0.5, 0.6) is 0 Å². The molecule has 0 bridgehead atoms. The van der Waals surface area contributed by atoms with Crippen LogP contribution in [0.1, 0.15) is 24.0 Å². The molecule has 0 atom stereocenters. The van der Waals surface area contributed by atoms with E-state index in [0.29, 0.717) is 0 Å². The average molecular weight is 219 g/mol. The summed E-state index contributed by atoms with van der Waals surface area (Å²) >= 11 is 0. The fourth-order valence-electron chi connectivity index (χ4n) is 2.30. The van der Waals surface area contributed by atoms with Crippen molar-refractivity contribution in [1.29, 1.82) is 0 Å². The minimum absolute atomic E-state index is 0.807. The highest BCUT2D eigenvalue weighted by Crippen LogP contribution is 2.21. The van der Waals surface area contributed by atoms with Crippen molar-refractivity contribution >= 4 is 5.69 Å². The summed E-state index contributed by atoms with van der Waals surface area (Å²) in [6, 6.07) is 6.29. The zero-order valence-corrected chi connectivity index (χ0v) is 9.78. The second kappa shape index (κ2) is 5.32. The summed E-state index contributed by atoms with van der Waals surface area (Å²) < 4.78 is 0. The van der Waals surface area contributed by atoms with Crippen LogP contribution in [0.25, 0.3) is 0 Å². The maximum Gasteiger partial charge on any atom is 0.0316 e. The van der Waals surface area contributed by atoms with E-state index in [0.717, 1.165) is 38.2 Å². The average Bonchev–Trinajstić information content (AvgIpc) is 2.29. The van der Waals surface area contributed by atoms with Gasteiger partial charge in [0.1, 0.15) is 0 Å². The molecule has 1 aromatic rings. The van der Waals surface area contributed by atoms with Gasteiger partial charge in [0.15, 0.2) is 0 Å². The van der Waals surface area contributed by atoms with Crippen LogP contribution in [0.3, 0.4) is 0 Å². The highest BCUT2D eigenvalue weighted by atomic mass is 15.1. The molecule has 0 saturated heterocycles. The van der Waals surface area contributed by atoms with Crippen molar-refractivity contribution < 1.29 is 0 Å².